The fraction of sp³-hybridized carbons (Fsp3) is 0.700. The molecule has 15 heavy (non-hydrogen) atoms. The smallest absolute Gasteiger partial charge is 0.111 e. The molecule has 2 unspecified atom stereocenters. The second-order valence-corrected chi connectivity index (χ2v) is 4.72. The van der Waals surface area contributed by atoms with Gasteiger partial charge < -0.3 is 10.5 Å². The average Bonchev–Trinajstić information content (AvgIpc) is 2.84. The molecular weight excluding hydrogens is 210 g/mol. The largest absolute Gasteiger partial charge is 0.383 e. The van der Waals surface area contributed by atoms with Crippen molar-refractivity contribution in [2.45, 2.75) is 18.5 Å². The molecule has 84 valence electrons. The molecule has 0 radical (unpaired) electrons. The quantitative estimate of drug-likeness (QED) is 0.829. The van der Waals surface area contributed by atoms with Gasteiger partial charge in [-0.2, -0.15) is 0 Å². The van der Waals surface area contributed by atoms with Gasteiger partial charge in [-0.15, -0.1) is 11.3 Å². The van der Waals surface area contributed by atoms with Crippen LogP contribution in [0.3, 0.4) is 0 Å². The van der Waals surface area contributed by atoms with E-state index in [1.165, 1.54) is 0 Å². The van der Waals surface area contributed by atoms with Crippen molar-refractivity contribution in [3.63, 3.8) is 0 Å². The molecule has 0 saturated carbocycles. The SMILES string of the molecule is COCCN1CCC(N)C1c1nccs1. The highest BCUT2D eigenvalue weighted by atomic mass is 32.1. The second-order valence-electron chi connectivity index (χ2n) is 3.80. The van der Waals surface area contributed by atoms with E-state index in [9.17, 15) is 0 Å². The van der Waals surface area contributed by atoms with Gasteiger partial charge in [0.15, 0.2) is 0 Å². The lowest BCUT2D eigenvalue weighted by Gasteiger charge is -2.24. The molecule has 0 spiro atoms. The Hall–Kier alpha value is -0.490. The van der Waals surface area contributed by atoms with Gasteiger partial charge in [0, 0.05) is 37.8 Å². The number of ether oxygens (including phenoxy) is 1. The van der Waals surface area contributed by atoms with Crippen LogP contribution in [0.5, 0.6) is 0 Å². The van der Waals surface area contributed by atoms with Crippen LogP contribution in [0.1, 0.15) is 17.5 Å². The number of likely N-dealkylation sites (tertiary alicyclic amines) is 1. The van der Waals surface area contributed by atoms with E-state index >= 15 is 0 Å². The summed E-state index contributed by atoms with van der Waals surface area (Å²) in [6, 6.07) is 0.508. The van der Waals surface area contributed by atoms with Crippen LogP contribution in [0.4, 0.5) is 0 Å². The summed E-state index contributed by atoms with van der Waals surface area (Å²) in [7, 11) is 1.73. The van der Waals surface area contributed by atoms with E-state index in [2.05, 4.69) is 9.88 Å². The lowest BCUT2D eigenvalue weighted by molar-refractivity contribution is 0.139. The molecule has 5 heteroatoms. The van der Waals surface area contributed by atoms with Crippen LogP contribution in [0.15, 0.2) is 11.6 Å². The van der Waals surface area contributed by atoms with Crippen LogP contribution >= 0.6 is 11.3 Å². The zero-order chi connectivity index (χ0) is 10.7. The number of aromatic nitrogens is 1. The summed E-state index contributed by atoms with van der Waals surface area (Å²) in [5.74, 6) is 0. The molecule has 1 aliphatic heterocycles. The number of thiazole rings is 1. The van der Waals surface area contributed by atoms with Crippen LogP contribution in [-0.2, 0) is 4.74 Å². The van der Waals surface area contributed by atoms with Gasteiger partial charge in [-0.25, -0.2) is 4.98 Å². The first-order chi connectivity index (χ1) is 7.33. The molecule has 0 bridgehead atoms. The molecule has 2 N–H and O–H groups in total. The van der Waals surface area contributed by atoms with Crippen molar-refractivity contribution in [2.75, 3.05) is 26.8 Å². The van der Waals surface area contributed by atoms with Crippen molar-refractivity contribution >= 4 is 11.3 Å². The molecular formula is C10H17N3OS. The second kappa shape index (κ2) is 5.03. The summed E-state index contributed by atoms with van der Waals surface area (Å²) >= 11 is 1.69. The van der Waals surface area contributed by atoms with E-state index in [4.69, 9.17) is 10.5 Å². The Balaban J connectivity index is 2.05. The Kier molecular flexibility index (Phi) is 3.69. The van der Waals surface area contributed by atoms with Crippen molar-refractivity contribution in [2.24, 2.45) is 5.73 Å². The number of hydrogen-bond donors (Lipinski definition) is 1. The first-order valence-electron chi connectivity index (χ1n) is 5.21. The number of nitrogens with two attached hydrogens (primary N) is 1. The topological polar surface area (TPSA) is 51.4 Å². The van der Waals surface area contributed by atoms with Gasteiger partial charge in [-0.3, -0.25) is 4.90 Å². The standard InChI is InChI=1S/C10H17N3OS/c1-14-6-5-13-4-2-8(11)9(13)10-12-3-7-15-10/h3,7-9H,2,4-6,11H2,1H3. The third-order valence-corrected chi connectivity index (χ3v) is 3.68. The van der Waals surface area contributed by atoms with Crippen LogP contribution in [0.25, 0.3) is 0 Å². The molecule has 2 atom stereocenters. The predicted molar refractivity (Wildman–Crippen MR) is 60.9 cm³/mol. The maximum Gasteiger partial charge on any atom is 0.111 e. The van der Waals surface area contributed by atoms with E-state index < -0.39 is 0 Å². The van der Waals surface area contributed by atoms with E-state index in [-0.39, 0.29) is 6.04 Å². The number of rotatable bonds is 4. The van der Waals surface area contributed by atoms with Crippen LogP contribution in [0, 0.1) is 0 Å². The van der Waals surface area contributed by atoms with Crippen molar-refractivity contribution in [1.29, 1.82) is 0 Å². The highest BCUT2D eigenvalue weighted by Crippen LogP contribution is 2.31. The Morgan fingerprint density at radius 2 is 2.60 bits per heavy atom. The Labute approximate surface area is 94.1 Å². The fourth-order valence-corrected chi connectivity index (χ4v) is 2.91. The van der Waals surface area contributed by atoms with Gasteiger partial charge in [0.2, 0.25) is 0 Å². The first-order valence-corrected chi connectivity index (χ1v) is 6.09. The number of methoxy groups -OCH3 is 1. The minimum absolute atomic E-state index is 0.216. The average molecular weight is 227 g/mol. The Bertz CT molecular complexity index is 291. The van der Waals surface area contributed by atoms with E-state index in [0.29, 0.717) is 6.04 Å². The number of hydrogen-bond acceptors (Lipinski definition) is 5. The molecule has 1 aromatic heterocycles. The van der Waals surface area contributed by atoms with E-state index in [0.717, 1.165) is 31.1 Å². The lowest BCUT2D eigenvalue weighted by atomic mass is 10.1. The third kappa shape index (κ3) is 2.36. The summed E-state index contributed by atoms with van der Waals surface area (Å²) in [5.41, 5.74) is 6.12. The van der Waals surface area contributed by atoms with Gasteiger partial charge in [0.05, 0.1) is 12.6 Å². The van der Waals surface area contributed by atoms with Crippen molar-refractivity contribution < 1.29 is 4.74 Å². The molecule has 2 rings (SSSR count). The highest BCUT2D eigenvalue weighted by Gasteiger charge is 2.34. The van der Waals surface area contributed by atoms with Gasteiger partial charge in [-0.1, -0.05) is 0 Å². The van der Waals surface area contributed by atoms with Crippen LogP contribution in [-0.4, -0.2) is 42.7 Å². The zero-order valence-electron chi connectivity index (χ0n) is 8.93. The van der Waals surface area contributed by atoms with E-state index in [1.807, 2.05) is 11.6 Å². The minimum atomic E-state index is 0.216. The summed E-state index contributed by atoms with van der Waals surface area (Å²) in [6.45, 7) is 2.75. The van der Waals surface area contributed by atoms with Crippen LogP contribution < -0.4 is 5.73 Å². The third-order valence-electron chi connectivity index (χ3n) is 2.84. The minimum Gasteiger partial charge on any atom is -0.383 e. The molecule has 1 aromatic rings. The van der Waals surface area contributed by atoms with E-state index in [1.54, 1.807) is 18.4 Å². The lowest BCUT2D eigenvalue weighted by Crippen LogP contribution is -2.33. The first kappa shape index (κ1) is 11.0. The van der Waals surface area contributed by atoms with Gasteiger partial charge >= 0.3 is 0 Å². The molecule has 0 aromatic carbocycles. The van der Waals surface area contributed by atoms with Gasteiger partial charge in [0.25, 0.3) is 0 Å². The van der Waals surface area contributed by atoms with Crippen LogP contribution in [0.2, 0.25) is 0 Å². The number of nitrogens with zero attached hydrogens (tertiary/aromatic N) is 2. The maximum absolute atomic E-state index is 6.12. The fourth-order valence-electron chi connectivity index (χ4n) is 2.06. The zero-order valence-corrected chi connectivity index (χ0v) is 9.74. The van der Waals surface area contributed by atoms with Crippen molar-refractivity contribution in [3.05, 3.63) is 16.6 Å². The molecule has 0 amide bonds. The predicted octanol–water partition coefficient (Wildman–Crippen LogP) is 0.864. The van der Waals surface area contributed by atoms with Gasteiger partial charge in [-0.05, 0) is 6.42 Å². The molecule has 1 fully saturated rings. The summed E-state index contributed by atoms with van der Waals surface area (Å²) in [5, 5.41) is 3.14. The molecule has 1 saturated heterocycles. The Morgan fingerprint density at radius 3 is 3.27 bits per heavy atom. The summed E-state index contributed by atoms with van der Waals surface area (Å²) in [6.07, 6.45) is 2.90. The molecule has 4 nitrogen and oxygen atoms in total. The molecule has 0 aliphatic carbocycles. The van der Waals surface area contributed by atoms with Crippen molar-refractivity contribution in [3.8, 4) is 0 Å². The Morgan fingerprint density at radius 1 is 1.73 bits per heavy atom. The summed E-state index contributed by atoms with van der Waals surface area (Å²) < 4.78 is 5.11. The molecule has 1 aliphatic rings. The van der Waals surface area contributed by atoms with Gasteiger partial charge in [0.1, 0.15) is 5.01 Å². The summed E-state index contributed by atoms with van der Waals surface area (Å²) in [4.78, 5) is 6.73. The highest BCUT2D eigenvalue weighted by molar-refractivity contribution is 7.09. The van der Waals surface area contributed by atoms with Crippen molar-refractivity contribution in [1.82, 2.24) is 9.88 Å². The normalized spacial score (nSPS) is 27.3. The maximum atomic E-state index is 6.12. The monoisotopic (exact) mass is 227 g/mol. The molecule has 2 heterocycles.